The molecule has 2 aliphatic heterocycles. The third kappa shape index (κ3) is 3.81. The Morgan fingerprint density at radius 2 is 1.79 bits per heavy atom. The summed E-state index contributed by atoms with van der Waals surface area (Å²) >= 11 is 0. The van der Waals surface area contributed by atoms with Crippen molar-refractivity contribution in [2.24, 2.45) is 13.0 Å². The van der Waals surface area contributed by atoms with Crippen LogP contribution >= 0.6 is 0 Å². The topological polar surface area (TPSA) is 57.4 Å². The number of piperidine rings is 2. The highest BCUT2D eigenvalue weighted by molar-refractivity contribution is 5.04. The van der Waals surface area contributed by atoms with E-state index >= 15 is 0 Å². The van der Waals surface area contributed by atoms with Gasteiger partial charge >= 0.3 is 0 Å². The molecule has 1 saturated carbocycles. The zero-order valence-corrected chi connectivity index (χ0v) is 14.9. The molecule has 2 saturated heterocycles. The molecule has 6 nitrogen and oxygen atoms in total. The highest BCUT2D eigenvalue weighted by Gasteiger charge is 2.30. The molecule has 6 heteroatoms. The summed E-state index contributed by atoms with van der Waals surface area (Å²) in [5.41, 5.74) is 0. The van der Waals surface area contributed by atoms with Crippen molar-refractivity contribution < 1.29 is 5.11 Å². The molecule has 1 aliphatic carbocycles. The van der Waals surface area contributed by atoms with E-state index in [9.17, 15) is 5.11 Å². The minimum atomic E-state index is -0.115. The number of hydrogen-bond donors (Lipinski definition) is 1. The van der Waals surface area contributed by atoms with Crippen molar-refractivity contribution in [3.8, 4) is 0 Å². The van der Waals surface area contributed by atoms with Crippen LogP contribution in [0.5, 0.6) is 0 Å². The van der Waals surface area contributed by atoms with Crippen LogP contribution < -0.4 is 0 Å². The Labute approximate surface area is 144 Å². The summed E-state index contributed by atoms with van der Waals surface area (Å²) in [4.78, 5) is 5.03. The lowest BCUT2D eigenvalue weighted by atomic mass is 9.97. The normalized spacial score (nSPS) is 27.7. The molecule has 0 unspecified atom stereocenters. The van der Waals surface area contributed by atoms with E-state index in [4.69, 9.17) is 0 Å². The lowest BCUT2D eigenvalue weighted by molar-refractivity contribution is 0.0775. The molecule has 0 radical (unpaired) electrons. The van der Waals surface area contributed by atoms with Crippen LogP contribution in [-0.4, -0.2) is 68.5 Å². The number of nitrogens with zero attached hydrogens (tertiary/aromatic N) is 5. The second-order valence-electron chi connectivity index (χ2n) is 8.08. The van der Waals surface area contributed by atoms with E-state index in [2.05, 4.69) is 31.6 Å². The zero-order valence-electron chi connectivity index (χ0n) is 14.9. The van der Waals surface area contributed by atoms with Crippen LogP contribution in [0.4, 0.5) is 0 Å². The lowest BCUT2D eigenvalue weighted by Crippen LogP contribution is -2.37. The largest absolute Gasteiger partial charge is 0.393 e. The summed E-state index contributed by atoms with van der Waals surface area (Å²) < 4.78 is 2.23. The van der Waals surface area contributed by atoms with E-state index in [0.717, 1.165) is 50.8 Å². The van der Waals surface area contributed by atoms with Gasteiger partial charge in [0.15, 0.2) is 0 Å². The predicted octanol–water partition coefficient (Wildman–Crippen LogP) is 1.36. The van der Waals surface area contributed by atoms with Gasteiger partial charge in [-0.05, 0) is 51.0 Å². The molecule has 0 aromatic carbocycles. The summed E-state index contributed by atoms with van der Waals surface area (Å²) in [6.45, 7) is 6.47. The summed E-state index contributed by atoms with van der Waals surface area (Å²) in [5.74, 6) is 3.74. The number of aliphatic hydroxyl groups is 1. The fraction of sp³-hybridized carbons (Fsp3) is 0.889. The molecule has 134 valence electrons. The second kappa shape index (κ2) is 7.10. The molecule has 1 atom stereocenters. The van der Waals surface area contributed by atoms with Gasteiger partial charge in [0.05, 0.1) is 12.6 Å². The van der Waals surface area contributed by atoms with Crippen LogP contribution in [0.25, 0.3) is 0 Å². The molecule has 0 amide bonds. The maximum Gasteiger partial charge on any atom is 0.146 e. The van der Waals surface area contributed by atoms with Crippen LogP contribution in [0.2, 0.25) is 0 Å². The van der Waals surface area contributed by atoms with Gasteiger partial charge in [0.2, 0.25) is 0 Å². The first-order valence-electron chi connectivity index (χ1n) is 9.70. The van der Waals surface area contributed by atoms with Crippen LogP contribution in [0, 0.1) is 5.92 Å². The Hall–Kier alpha value is -0.980. The Balaban J connectivity index is 1.37. The fourth-order valence-electron chi connectivity index (χ4n) is 4.24. The van der Waals surface area contributed by atoms with Gasteiger partial charge in [-0.1, -0.05) is 0 Å². The van der Waals surface area contributed by atoms with Crippen LogP contribution in [0.3, 0.4) is 0 Å². The lowest BCUT2D eigenvalue weighted by Gasteiger charge is -2.32. The summed E-state index contributed by atoms with van der Waals surface area (Å²) in [6, 6.07) is 0. The number of aromatic nitrogens is 3. The highest BCUT2D eigenvalue weighted by atomic mass is 16.3. The summed E-state index contributed by atoms with van der Waals surface area (Å²) in [7, 11) is 2.13. The maximum absolute atomic E-state index is 9.65. The molecule has 1 N–H and O–H groups in total. The zero-order chi connectivity index (χ0) is 16.5. The molecule has 3 heterocycles. The molecule has 0 bridgehead atoms. The predicted molar refractivity (Wildman–Crippen MR) is 92.7 cm³/mol. The van der Waals surface area contributed by atoms with Crippen molar-refractivity contribution in [2.75, 3.05) is 32.7 Å². The van der Waals surface area contributed by atoms with Crippen molar-refractivity contribution in [1.29, 1.82) is 0 Å². The quantitative estimate of drug-likeness (QED) is 0.882. The Kier molecular flexibility index (Phi) is 4.88. The third-order valence-electron chi connectivity index (χ3n) is 6.00. The third-order valence-corrected chi connectivity index (χ3v) is 6.00. The van der Waals surface area contributed by atoms with Gasteiger partial charge in [0.1, 0.15) is 11.6 Å². The second-order valence-corrected chi connectivity index (χ2v) is 8.08. The smallest absolute Gasteiger partial charge is 0.146 e. The van der Waals surface area contributed by atoms with E-state index in [1.807, 2.05) is 0 Å². The van der Waals surface area contributed by atoms with Crippen LogP contribution in [0.1, 0.15) is 56.1 Å². The summed E-state index contributed by atoms with van der Waals surface area (Å²) in [6.07, 6.45) is 7.02. The monoisotopic (exact) mass is 333 g/mol. The number of rotatable bonds is 5. The van der Waals surface area contributed by atoms with E-state index in [1.54, 1.807) is 0 Å². The Morgan fingerprint density at radius 3 is 2.54 bits per heavy atom. The Bertz CT molecular complexity index is 548. The molecule has 3 fully saturated rings. The average Bonchev–Trinajstić information content (AvgIpc) is 3.33. The standard InChI is InChI=1S/C18H31N5O/c1-21-17(13-22-9-6-16(24)7-10-22)19-20-18(21)15-3-2-8-23(12-15)11-14-4-5-14/h14-16,24H,2-13H2,1H3/t15-/m1/s1. The molecule has 0 spiro atoms. The van der Waals surface area contributed by atoms with Gasteiger partial charge in [-0.3, -0.25) is 4.90 Å². The molecule has 4 rings (SSSR count). The van der Waals surface area contributed by atoms with E-state index in [-0.39, 0.29) is 6.10 Å². The number of aliphatic hydroxyl groups excluding tert-OH is 1. The molecular weight excluding hydrogens is 302 g/mol. The molecular formula is C18H31N5O. The van der Waals surface area contributed by atoms with Crippen molar-refractivity contribution in [2.45, 2.75) is 57.1 Å². The SMILES string of the molecule is Cn1c(CN2CCC(O)CC2)nnc1[C@@H]1CCCN(CC2CC2)C1. The fourth-order valence-corrected chi connectivity index (χ4v) is 4.24. The first-order valence-corrected chi connectivity index (χ1v) is 9.70. The van der Waals surface area contributed by atoms with Gasteiger partial charge in [-0.15, -0.1) is 10.2 Å². The molecule has 3 aliphatic rings. The van der Waals surface area contributed by atoms with Gasteiger partial charge in [-0.2, -0.15) is 0 Å². The van der Waals surface area contributed by atoms with E-state index in [1.165, 1.54) is 44.6 Å². The van der Waals surface area contributed by atoms with Gasteiger partial charge in [0, 0.05) is 39.1 Å². The first kappa shape index (κ1) is 16.5. The first-order chi connectivity index (χ1) is 11.7. The van der Waals surface area contributed by atoms with Crippen molar-refractivity contribution >= 4 is 0 Å². The van der Waals surface area contributed by atoms with Crippen LogP contribution in [0.15, 0.2) is 0 Å². The molecule has 24 heavy (non-hydrogen) atoms. The number of hydrogen-bond acceptors (Lipinski definition) is 5. The highest BCUT2D eigenvalue weighted by Crippen LogP contribution is 2.33. The van der Waals surface area contributed by atoms with Crippen molar-refractivity contribution in [3.63, 3.8) is 0 Å². The van der Waals surface area contributed by atoms with Gasteiger partial charge in [-0.25, -0.2) is 0 Å². The minimum Gasteiger partial charge on any atom is -0.393 e. The average molecular weight is 333 g/mol. The maximum atomic E-state index is 9.65. The summed E-state index contributed by atoms with van der Waals surface area (Å²) in [5, 5.41) is 18.7. The molecule has 1 aromatic rings. The van der Waals surface area contributed by atoms with E-state index in [0.29, 0.717) is 5.92 Å². The van der Waals surface area contributed by atoms with Gasteiger partial charge < -0.3 is 14.6 Å². The van der Waals surface area contributed by atoms with Crippen molar-refractivity contribution in [3.05, 3.63) is 11.6 Å². The number of likely N-dealkylation sites (tertiary alicyclic amines) is 2. The van der Waals surface area contributed by atoms with Crippen molar-refractivity contribution in [1.82, 2.24) is 24.6 Å². The minimum absolute atomic E-state index is 0.115. The van der Waals surface area contributed by atoms with E-state index < -0.39 is 0 Å². The van der Waals surface area contributed by atoms with Crippen LogP contribution in [-0.2, 0) is 13.6 Å². The van der Waals surface area contributed by atoms with Gasteiger partial charge in [0.25, 0.3) is 0 Å². The molecule has 1 aromatic heterocycles. The Morgan fingerprint density at radius 1 is 1.00 bits per heavy atom.